The van der Waals surface area contributed by atoms with Crippen LogP contribution in [-0.4, -0.2) is 58.5 Å². The van der Waals surface area contributed by atoms with Gasteiger partial charge in [0.1, 0.15) is 36.2 Å². The molecule has 0 radical (unpaired) electrons. The van der Waals surface area contributed by atoms with Gasteiger partial charge in [-0.3, -0.25) is 20.0 Å². The van der Waals surface area contributed by atoms with E-state index < -0.39 is 0 Å². The molecule has 12 heteroatoms. The lowest BCUT2D eigenvalue weighted by Gasteiger charge is -2.20. The number of nitrogens with zero attached hydrogens (tertiary/aromatic N) is 4. The number of methoxy groups -OCH3 is 2. The van der Waals surface area contributed by atoms with Crippen LogP contribution in [-0.2, 0) is 39.4 Å². The molecule has 0 saturated heterocycles. The molecule has 10 nitrogen and oxygen atoms in total. The van der Waals surface area contributed by atoms with Gasteiger partial charge in [-0.05, 0) is 85.6 Å². The number of aromatic amines is 2. The number of hydrogen-bond acceptors (Lipinski definition) is 8. The number of ether oxygens (including phenoxy) is 4. The summed E-state index contributed by atoms with van der Waals surface area (Å²) in [5.74, 6) is 2.56. The Morgan fingerprint density at radius 1 is 0.556 bits per heavy atom. The smallest absolute Gasteiger partial charge is 0.142 e. The van der Waals surface area contributed by atoms with Crippen LogP contribution < -0.4 is 18.9 Å². The van der Waals surface area contributed by atoms with Crippen LogP contribution in [0.5, 0.6) is 23.0 Å². The maximum atomic E-state index is 6.76. The second-order valence-electron chi connectivity index (χ2n) is 13.4. The van der Waals surface area contributed by atoms with Crippen LogP contribution in [0.1, 0.15) is 44.8 Å². The van der Waals surface area contributed by atoms with E-state index in [-0.39, 0.29) is 0 Å². The lowest BCUT2D eigenvalue weighted by molar-refractivity contribution is 0.296. The van der Waals surface area contributed by atoms with Crippen molar-refractivity contribution in [3.63, 3.8) is 0 Å². The average Bonchev–Trinajstić information content (AvgIpc) is 3.87. The third-order valence-electron chi connectivity index (χ3n) is 9.48. The number of rotatable bonds is 17. The molecule has 0 bridgehead atoms. The number of H-pyrrole nitrogens is 2. The largest absolute Gasteiger partial charge is 0.496 e. The third kappa shape index (κ3) is 9.37. The van der Waals surface area contributed by atoms with Gasteiger partial charge < -0.3 is 18.9 Å². The first kappa shape index (κ1) is 38.7. The molecule has 6 aromatic rings. The normalized spacial score (nSPS) is 11.4. The molecule has 0 atom stereocenters. The van der Waals surface area contributed by atoms with Gasteiger partial charge in [0, 0.05) is 61.8 Å². The van der Waals surface area contributed by atoms with Crippen molar-refractivity contribution in [1.29, 1.82) is 0 Å². The molecule has 0 aliphatic heterocycles. The SMILES string of the molecule is COc1cc(OCc2cccc(-c3cccc(COc4cc(OC)c(CN(C)Cc5cc[nH]n5)cc4Cl)c3C)c2C)c(Cl)cc1CN(C)Cc1cc[nH]n1. The van der Waals surface area contributed by atoms with Crippen molar-refractivity contribution in [2.45, 2.75) is 53.2 Å². The molecule has 6 rings (SSSR count). The Kier molecular flexibility index (Phi) is 12.8. The quantitative estimate of drug-likeness (QED) is 0.0948. The van der Waals surface area contributed by atoms with Crippen LogP contribution in [0, 0.1) is 13.8 Å². The van der Waals surface area contributed by atoms with E-state index in [1.807, 2.05) is 62.9 Å². The molecule has 0 spiro atoms. The highest BCUT2D eigenvalue weighted by Gasteiger charge is 2.17. The third-order valence-corrected chi connectivity index (χ3v) is 10.1. The van der Waals surface area contributed by atoms with Crippen LogP contribution in [0.3, 0.4) is 0 Å². The summed E-state index contributed by atoms with van der Waals surface area (Å²) in [6, 6.07) is 24.0. The molecular weight excluding hydrogens is 723 g/mol. The van der Waals surface area contributed by atoms with Crippen molar-refractivity contribution < 1.29 is 18.9 Å². The molecule has 0 unspecified atom stereocenters. The lowest BCUT2D eigenvalue weighted by atomic mass is 9.92. The van der Waals surface area contributed by atoms with Gasteiger partial charge in [0.2, 0.25) is 0 Å². The summed E-state index contributed by atoms with van der Waals surface area (Å²) < 4.78 is 24.1. The molecule has 282 valence electrons. The van der Waals surface area contributed by atoms with E-state index in [2.05, 4.69) is 80.4 Å². The van der Waals surface area contributed by atoms with Gasteiger partial charge in [0.25, 0.3) is 0 Å². The maximum absolute atomic E-state index is 6.76. The zero-order chi connectivity index (χ0) is 38.2. The Balaban J connectivity index is 1.13. The molecular formula is C42H46Cl2N6O4. The predicted octanol–water partition coefficient (Wildman–Crippen LogP) is 9.16. The van der Waals surface area contributed by atoms with Gasteiger partial charge in [-0.1, -0.05) is 59.6 Å². The predicted molar refractivity (Wildman–Crippen MR) is 214 cm³/mol. The highest BCUT2D eigenvalue weighted by Crippen LogP contribution is 2.37. The maximum Gasteiger partial charge on any atom is 0.142 e. The van der Waals surface area contributed by atoms with Crippen molar-refractivity contribution in [2.75, 3.05) is 28.3 Å². The van der Waals surface area contributed by atoms with Crippen LogP contribution in [0.4, 0.5) is 0 Å². The molecule has 0 saturated carbocycles. The molecule has 2 N–H and O–H groups in total. The molecule has 4 aromatic carbocycles. The number of benzene rings is 4. The first-order valence-electron chi connectivity index (χ1n) is 17.6. The van der Waals surface area contributed by atoms with Crippen LogP contribution in [0.25, 0.3) is 11.1 Å². The van der Waals surface area contributed by atoms with Gasteiger partial charge >= 0.3 is 0 Å². The summed E-state index contributed by atoms with van der Waals surface area (Å²) in [5, 5.41) is 15.3. The Morgan fingerprint density at radius 3 is 1.35 bits per heavy atom. The van der Waals surface area contributed by atoms with Gasteiger partial charge in [-0.15, -0.1) is 0 Å². The van der Waals surface area contributed by atoms with E-state index in [9.17, 15) is 0 Å². The average molecular weight is 770 g/mol. The zero-order valence-electron chi connectivity index (χ0n) is 31.5. The van der Waals surface area contributed by atoms with E-state index in [1.54, 1.807) is 14.2 Å². The monoisotopic (exact) mass is 768 g/mol. The van der Waals surface area contributed by atoms with Gasteiger partial charge in [-0.2, -0.15) is 10.2 Å². The Labute approximate surface area is 326 Å². The molecule has 0 aliphatic carbocycles. The molecule has 0 aliphatic rings. The zero-order valence-corrected chi connectivity index (χ0v) is 33.0. The fraction of sp³-hybridized carbons (Fsp3) is 0.286. The van der Waals surface area contributed by atoms with Crippen LogP contribution in [0.15, 0.2) is 85.2 Å². The van der Waals surface area contributed by atoms with Gasteiger partial charge in [0.15, 0.2) is 0 Å². The first-order valence-corrected chi connectivity index (χ1v) is 18.4. The second kappa shape index (κ2) is 17.9. The highest BCUT2D eigenvalue weighted by molar-refractivity contribution is 6.32. The molecule has 2 aromatic heterocycles. The number of hydrogen-bond donors (Lipinski definition) is 2. The number of aromatic nitrogens is 4. The van der Waals surface area contributed by atoms with E-state index in [1.165, 1.54) is 0 Å². The summed E-state index contributed by atoms with van der Waals surface area (Å²) >= 11 is 13.5. The summed E-state index contributed by atoms with van der Waals surface area (Å²) in [7, 11) is 7.38. The summed E-state index contributed by atoms with van der Waals surface area (Å²) in [6.07, 6.45) is 3.64. The van der Waals surface area contributed by atoms with Crippen molar-refractivity contribution in [2.24, 2.45) is 0 Å². The first-order chi connectivity index (χ1) is 26.1. The molecule has 0 amide bonds. The summed E-state index contributed by atoms with van der Waals surface area (Å²) in [6.45, 7) is 7.60. The number of halogens is 2. The standard InChI is InChI=1S/C42H46Cl2N6O4/c1-27-29(25-53-41-19-39(51-5)31(17-37(41)43)21-49(3)23-33-13-15-45-47-33)9-7-11-35(27)36-12-8-10-30(28(36)2)26-54-42-20-40(52-6)32(18-38(42)44)22-50(4)24-34-14-16-46-48-34/h7-20H,21-26H2,1-6H3,(H,45,47)(H,46,48). The van der Waals surface area contributed by atoms with Crippen molar-refractivity contribution >= 4 is 23.2 Å². The van der Waals surface area contributed by atoms with Crippen LogP contribution in [0.2, 0.25) is 10.0 Å². The van der Waals surface area contributed by atoms with Crippen LogP contribution >= 0.6 is 23.2 Å². The molecule has 0 fully saturated rings. The Morgan fingerprint density at radius 2 is 0.981 bits per heavy atom. The van der Waals surface area contributed by atoms with Crippen molar-refractivity contribution in [3.05, 3.63) is 140 Å². The highest BCUT2D eigenvalue weighted by atomic mass is 35.5. The van der Waals surface area contributed by atoms with E-state index in [4.69, 9.17) is 42.1 Å². The fourth-order valence-corrected chi connectivity index (χ4v) is 7.06. The minimum atomic E-state index is 0.345. The minimum absolute atomic E-state index is 0.345. The van der Waals surface area contributed by atoms with E-state index in [0.29, 0.717) is 72.4 Å². The van der Waals surface area contributed by atoms with Crippen molar-refractivity contribution in [3.8, 4) is 34.1 Å². The summed E-state index contributed by atoms with van der Waals surface area (Å²) in [4.78, 5) is 4.30. The van der Waals surface area contributed by atoms with E-state index in [0.717, 1.165) is 55.9 Å². The second-order valence-corrected chi connectivity index (χ2v) is 14.2. The summed E-state index contributed by atoms with van der Waals surface area (Å²) in [5.41, 5.74) is 10.5. The van der Waals surface area contributed by atoms with E-state index >= 15 is 0 Å². The van der Waals surface area contributed by atoms with Crippen molar-refractivity contribution in [1.82, 2.24) is 30.2 Å². The minimum Gasteiger partial charge on any atom is -0.496 e. The molecule has 54 heavy (non-hydrogen) atoms. The number of nitrogens with one attached hydrogen (secondary N) is 2. The van der Waals surface area contributed by atoms with Gasteiger partial charge in [-0.25, -0.2) is 0 Å². The molecule has 2 heterocycles. The topological polar surface area (TPSA) is 101 Å². The Bertz CT molecular complexity index is 2000. The fourth-order valence-electron chi connectivity index (χ4n) is 6.58. The Hall–Kier alpha value is -5.00. The van der Waals surface area contributed by atoms with Gasteiger partial charge in [0.05, 0.1) is 35.7 Å². The lowest BCUT2D eigenvalue weighted by Crippen LogP contribution is -2.18.